The van der Waals surface area contributed by atoms with E-state index in [0.717, 1.165) is 12.5 Å². The molecule has 1 heterocycles. The maximum atomic E-state index is 4.08. The summed E-state index contributed by atoms with van der Waals surface area (Å²) in [5.41, 5.74) is 3.06. The third-order valence-electron chi connectivity index (χ3n) is 3.16. The Labute approximate surface area is 89.6 Å². The van der Waals surface area contributed by atoms with Crippen LogP contribution < -0.4 is 0 Å². The average molecular weight is 198 g/mol. The molecule has 0 fully saturated rings. The van der Waals surface area contributed by atoms with Crippen molar-refractivity contribution >= 4 is 0 Å². The van der Waals surface area contributed by atoms with Crippen molar-refractivity contribution in [3.63, 3.8) is 0 Å². The standard InChI is InChI=1S/C13H14N2/c1-2-4-13-8-11(7-12(13)3-1)9-15-6-5-14-10-15/h1-6,10-11H,7-9H2. The molecule has 0 spiro atoms. The lowest BCUT2D eigenvalue weighted by Crippen LogP contribution is -2.09. The first-order valence-corrected chi connectivity index (χ1v) is 5.44. The molecule has 0 N–H and O–H groups in total. The van der Waals surface area contributed by atoms with Crippen LogP contribution >= 0.6 is 0 Å². The second kappa shape index (κ2) is 3.54. The van der Waals surface area contributed by atoms with Crippen molar-refractivity contribution in [2.24, 2.45) is 5.92 Å². The number of aromatic nitrogens is 2. The highest BCUT2D eigenvalue weighted by atomic mass is 15.0. The van der Waals surface area contributed by atoms with Gasteiger partial charge in [-0.15, -0.1) is 0 Å². The zero-order valence-corrected chi connectivity index (χ0v) is 8.63. The van der Waals surface area contributed by atoms with Gasteiger partial charge in [0.2, 0.25) is 0 Å². The van der Waals surface area contributed by atoms with Crippen LogP contribution in [0, 0.1) is 5.92 Å². The molecule has 0 atom stereocenters. The lowest BCUT2D eigenvalue weighted by Gasteiger charge is -2.08. The highest BCUT2D eigenvalue weighted by Crippen LogP contribution is 2.27. The fourth-order valence-corrected chi connectivity index (χ4v) is 2.47. The van der Waals surface area contributed by atoms with Gasteiger partial charge >= 0.3 is 0 Å². The zero-order chi connectivity index (χ0) is 10.1. The number of imidazole rings is 1. The fourth-order valence-electron chi connectivity index (χ4n) is 2.47. The van der Waals surface area contributed by atoms with Crippen molar-refractivity contribution in [3.8, 4) is 0 Å². The van der Waals surface area contributed by atoms with Crippen LogP contribution in [0.25, 0.3) is 0 Å². The van der Waals surface area contributed by atoms with E-state index in [2.05, 4.69) is 33.8 Å². The fraction of sp³-hybridized carbons (Fsp3) is 0.308. The quantitative estimate of drug-likeness (QED) is 0.724. The zero-order valence-electron chi connectivity index (χ0n) is 8.63. The molecule has 0 saturated heterocycles. The van der Waals surface area contributed by atoms with E-state index in [9.17, 15) is 0 Å². The maximum absolute atomic E-state index is 4.08. The predicted molar refractivity (Wildman–Crippen MR) is 59.6 cm³/mol. The number of benzene rings is 1. The second-order valence-corrected chi connectivity index (χ2v) is 4.30. The van der Waals surface area contributed by atoms with Crippen molar-refractivity contribution in [2.75, 3.05) is 0 Å². The van der Waals surface area contributed by atoms with Gasteiger partial charge < -0.3 is 4.57 Å². The van der Waals surface area contributed by atoms with Gasteiger partial charge in [0.05, 0.1) is 6.33 Å². The lowest BCUT2D eigenvalue weighted by molar-refractivity contribution is 0.465. The van der Waals surface area contributed by atoms with Gasteiger partial charge in [-0.2, -0.15) is 0 Å². The van der Waals surface area contributed by atoms with Gasteiger partial charge in [-0.1, -0.05) is 24.3 Å². The number of nitrogens with zero attached hydrogens (tertiary/aromatic N) is 2. The van der Waals surface area contributed by atoms with Crippen LogP contribution in [0.1, 0.15) is 11.1 Å². The average Bonchev–Trinajstić information content (AvgIpc) is 2.86. The van der Waals surface area contributed by atoms with Gasteiger partial charge in [0.15, 0.2) is 0 Å². The Bertz CT molecular complexity index is 418. The van der Waals surface area contributed by atoms with E-state index in [1.165, 1.54) is 24.0 Å². The largest absolute Gasteiger partial charge is 0.337 e. The molecular formula is C13H14N2. The summed E-state index contributed by atoms with van der Waals surface area (Å²) in [7, 11) is 0. The molecule has 0 saturated carbocycles. The van der Waals surface area contributed by atoms with Crippen molar-refractivity contribution in [2.45, 2.75) is 19.4 Å². The molecule has 2 aromatic rings. The Hall–Kier alpha value is -1.57. The minimum absolute atomic E-state index is 0.747. The number of fused-ring (bicyclic) bond motifs is 1. The Morgan fingerprint density at radius 2 is 1.93 bits per heavy atom. The van der Waals surface area contributed by atoms with Crippen molar-refractivity contribution < 1.29 is 0 Å². The number of hydrogen-bond acceptors (Lipinski definition) is 1. The Balaban J connectivity index is 1.74. The van der Waals surface area contributed by atoms with Gasteiger partial charge in [-0.3, -0.25) is 0 Å². The molecule has 76 valence electrons. The summed E-state index contributed by atoms with van der Waals surface area (Å²) < 4.78 is 2.18. The minimum Gasteiger partial charge on any atom is -0.337 e. The van der Waals surface area contributed by atoms with Crippen LogP contribution in [0.4, 0.5) is 0 Å². The third kappa shape index (κ3) is 1.67. The van der Waals surface area contributed by atoms with E-state index in [1.807, 2.05) is 18.7 Å². The SMILES string of the molecule is c1ccc2c(c1)CC(Cn1ccnc1)C2. The molecule has 1 aliphatic carbocycles. The Kier molecular flexibility index (Phi) is 2.05. The molecule has 2 heteroatoms. The number of hydrogen-bond donors (Lipinski definition) is 0. The first-order valence-electron chi connectivity index (χ1n) is 5.44. The highest BCUT2D eigenvalue weighted by molar-refractivity contribution is 5.31. The normalized spacial score (nSPS) is 15.5. The number of rotatable bonds is 2. The van der Waals surface area contributed by atoms with Crippen LogP contribution in [0.3, 0.4) is 0 Å². The summed E-state index contributed by atoms with van der Waals surface area (Å²) in [6, 6.07) is 8.78. The molecule has 1 aromatic carbocycles. The van der Waals surface area contributed by atoms with Crippen LogP contribution in [0.2, 0.25) is 0 Å². The van der Waals surface area contributed by atoms with Gasteiger partial charge in [0.25, 0.3) is 0 Å². The summed E-state index contributed by atoms with van der Waals surface area (Å²) in [5.74, 6) is 0.747. The Morgan fingerprint density at radius 3 is 2.53 bits per heavy atom. The lowest BCUT2D eigenvalue weighted by atomic mass is 10.1. The first-order chi connectivity index (χ1) is 7.42. The van der Waals surface area contributed by atoms with Crippen LogP contribution in [0.5, 0.6) is 0 Å². The molecule has 0 unspecified atom stereocenters. The molecule has 1 aromatic heterocycles. The van der Waals surface area contributed by atoms with Gasteiger partial charge in [0.1, 0.15) is 0 Å². The summed E-state index contributed by atoms with van der Waals surface area (Å²) in [6.45, 7) is 1.09. The van der Waals surface area contributed by atoms with Crippen LogP contribution in [-0.4, -0.2) is 9.55 Å². The van der Waals surface area contributed by atoms with Gasteiger partial charge in [-0.25, -0.2) is 4.98 Å². The molecular weight excluding hydrogens is 184 g/mol. The molecule has 15 heavy (non-hydrogen) atoms. The molecule has 0 amide bonds. The van der Waals surface area contributed by atoms with Crippen LogP contribution in [0.15, 0.2) is 43.0 Å². The summed E-state index contributed by atoms with van der Waals surface area (Å²) in [5, 5.41) is 0. The smallest absolute Gasteiger partial charge is 0.0946 e. The van der Waals surface area contributed by atoms with E-state index in [1.54, 1.807) is 0 Å². The van der Waals surface area contributed by atoms with Crippen molar-refractivity contribution in [1.29, 1.82) is 0 Å². The van der Waals surface area contributed by atoms with E-state index in [4.69, 9.17) is 0 Å². The van der Waals surface area contributed by atoms with E-state index >= 15 is 0 Å². The highest BCUT2D eigenvalue weighted by Gasteiger charge is 2.20. The van der Waals surface area contributed by atoms with Crippen molar-refractivity contribution in [3.05, 3.63) is 54.1 Å². The van der Waals surface area contributed by atoms with E-state index in [0.29, 0.717) is 0 Å². The molecule has 0 bridgehead atoms. The molecule has 2 nitrogen and oxygen atoms in total. The minimum atomic E-state index is 0.747. The van der Waals surface area contributed by atoms with E-state index in [-0.39, 0.29) is 0 Å². The topological polar surface area (TPSA) is 17.8 Å². The third-order valence-corrected chi connectivity index (χ3v) is 3.16. The molecule has 3 rings (SSSR count). The molecule has 0 radical (unpaired) electrons. The second-order valence-electron chi connectivity index (χ2n) is 4.30. The summed E-state index contributed by atoms with van der Waals surface area (Å²) >= 11 is 0. The Morgan fingerprint density at radius 1 is 1.20 bits per heavy atom. The van der Waals surface area contributed by atoms with Gasteiger partial charge in [-0.05, 0) is 29.9 Å². The van der Waals surface area contributed by atoms with Crippen molar-refractivity contribution in [1.82, 2.24) is 9.55 Å². The monoisotopic (exact) mass is 198 g/mol. The molecule has 0 aliphatic heterocycles. The predicted octanol–water partition coefficient (Wildman–Crippen LogP) is 2.30. The summed E-state index contributed by atoms with van der Waals surface area (Å²) in [6.07, 6.45) is 8.23. The van der Waals surface area contributed by atoms with Crippen LogP contribution in [-0.2, 0) is 19.4 Å². The van der Waals surface area contributed by atoms with Gasteiger partial charge in [0, 0.05) is 18.9 Å². The molecule has 1 aliphatic rings. The first kappa shape index (κ1) is 8.72. The van der Waals surface area contributed by atoms with E-state index < -0.39 is 0 Å². The summed E-state index contributed by atoms with van der Waals surface area (Å²) in [4.78, 5) is 4.08. The maximum Gasteiger partial charge on any atom is 0.0946 e.